The number of epoxide rings is 2. The third-order valence-corrected chi connectivity index (χ3v) is 6.32. The summed E-state index contributed by atoms with van der Waals surface area (Å²) in [6, 6.07) is 11.1. The summed E-state index contributed by atoms with van der Waals surface area (Å²) < 4.78 is 24.0. The zero-order valence-corrected chi connectivity index (χ0v) is 13.7. The summed E-state index contributed by atoms with van der Waals surface area (Å²) in [6.45, 7) is 0. The molecule has 5 atom stereocenters. The Morgan fingerprint density at radius 2 is 1.70 bits per heavy atom. The van der Waals surface area contributed by atoms with Gasteiger partial charge in [-0.3, -0.25) is 9.59 Å². The largest absolute Gasteiger partial charge is 0.446 e. The molecule has 134 valence electrons. The first-order valence-corrected chi connectivity index (χ1v) is 8.76. The monoisotopic (exact) mass is 364 g/mol. The van der Waals surface area contributed by atoms with Crippen LogP contribution >= 0.6 is 0 Å². The van der Waals surface area contributed by atoms with Crippen molar-refractivity contribution in [2.24, 2.45) is 0 Å². The van der Waals surface area contributed by atoms with Gasteiger partial charge in [0.2, 0.25) is 11.4 Å². The molecule has 7 heteroatoms. The molecular formula is C20H12O7. The second-order valence-corrected chi connectivity index (χ2v) is 7.51. The van der Waals surface area contributed by atoms with Crippen LogP contribution in [-0.2, 0) is 19.1 Å². The van der Waals surface area contributed by atoms with Gasteiger partial charge >= 0.3 is 5.79 Å². The van der Waals surface area contributed by atoms with E-state index in [0.29, 0.717) is 11.5 Å². The predicted molar refractivity (Wildman–Crippen MR) is 88.3 cm³/mol. The molecule has 7 nitrogen and oxygen atoms in total. The minimum atomic E-state index is -1.77. The molecule has 2 aromatic carbocycles. The molecule has 3 heterocycles. The van der Waals surface area contributed by atoms with Gasteiger partial charge in [0, 0.05) is 0 Å². The summed E-state index contributed by atoms with van der Waals surface area (Å²) in [5.41, 5.74) is -3.49. The first kappa shape index (κ1) is 14.3. The summed E-state index contributed by atoms with van der Waals surface area (Å²) in [4.78, 5) is 25.8. The average molecular weight is 364 g/mol. The SMILES string of the molecule is O=C1[C@H]2O[C@H]2C2(Oc3cccc4cccc(c34)O2)[C@@]23O[C@@]12[C@@H](O)C=CC3=O. The summed E-state index contributed by atoms with van der Waals surface area (Å²) in [7, 11) is 0. The van der Waals surface area contributed by atoms with E-state index >= 15 is 0 Å². The highest BCUT2D eigenvalue weighted by atomic mass is 16.8. The molecule has 0 aromatic heterocycles. The third kappa shape index (κ3) is 1.24. The minimum Gasteiger partial charge on any atom is -0.446 e. The van der Waals surface area contributed by atoms with E-state index in [2.05, 4.69) is 0 Å². The Labute approximate surface area is 152 Å². The van der Waals surface area contributed by atoms with E-state index in [1.54, 1.807) is 12.1 Å². The summed E-state index contributed by atoms with van der Waals surface area (Å²) in [5.74, 6) is -1.53. The molecule has 5 aliphatic rings. The van der Waals surface area contributed by atoms with Crippen LogP contribution in [0.5, 0.6) is 11.5 Å². The van der Waals surface area contributed by atoms with Gasteiger partial charge in [0.05, 0.1) is 5.39 Å². The summed E-state index contributed by atoms with van der Waals surface area (Å²) >= 11 is 0. The van der Waals surface area contributed by atoms with Crippen molar-refractivity contribution in [3.63, 3.8) is 0 Å². The normalized spacial score (nSPS) is 41.3. The van der Waals surface area contributed by atoms with Gasteiger partial charge in [-0.25, -0.2) is 0 Å². The predicted octanol–water partition coefficient (Wildman–Crippen LogP) is 0.665. The highest BCUT2D eigenvalue weighted by molar-refractivity contribution is 6.15. The number of ketones is 2. The Morgan fingerprint density at radius 3 is 2.41 bits per heavy atom. The van der Waals surface area contributed by atoms with Crippen LogP contribution in [0.25, 0.3) is 10.8 Å². The molecule has 1 saturated carbocycles. The molecule has 0 bridgehead atoms. The first-order valence-electron chi connectivity index (χ1n) is 8.76. The highest BCUT2D eigenvalue weighted by Crippen LogP contribution is 2.70. The standard InChI is InChI=1S/C20H12O7/c21-12-7-8-13(22)19-18(12,27-19)16(23)15-17(24-15)20(19)25-10-5-1-3-9-4-2-6-11(26-20)14(9)10/h1-8,12,15,17,21H/t12-,15+,17+,18-,19-/m0/s1. The maximum Gasteiger partial charge on any atom is 0.321 e. The van der Waals surface area contributed by atoms with E-state index in [-0.39, 0.29) is 0 Å². The Balaban J connectivity index is 1.51. The molecule has 0 unspecified atom stereocenters. The maximum absolute atomic E-state index is 13.0. The van der Waals surface area contributed by atoms with Gasteiger partial charge in [0.1, 0.15) is 17.6 Å². The van der Waals surface area contributed by atoms with Crippen molar-refractivity contribution in [1.29, 1.82) is 0 Å². The van der Waals surface area contributed by atoms with Crippen LogP contribution in [0.2, 0.25) is 0 Å². The number of hydrogen-bond donors (Lipinski definition) is 1. The molecule has 2 aromatic rings. The van der Waals surface area contributed by atoms with Crippen LogP contribution in [0.15, 0.2) is 48.6 Å². The molecule has 2 aliphatic carbocycles. The van der Waals surface area contributed by atoms with E-state index < -0.39 is 46.9 Å². The lowest BCUT2D eigenvalue weighted by Crippen LogP contribution is -2.72. The molecule has 27 heavy (non-hydrogen) atoms. The van der Waals surface area contributed by atoms with Gasteiger partial charge in [-0.15, -0.1) is 0 Å². The number of fused-ring (bicyclic) bond motifs is 2. The van der Waals surface area contributed by atoms with E-state index in [9.17, 15) is 14.7 Å². The number of hydrogen-bond acceptors (Lipinski definition) is 7. The third-order valence-electron chi connectivity index (χ3n) is 6.32. The lowest BCUT2D eigenvalue weighted by molar-refractivity contribution is -0.189. The Hall–Kier alpha value is -2.74. The zero-order chi connectivity index (χ0) is 18.2. The van der Waals surface area contributed by atoms with Crippen molar-refractivity contribution >= 4 is 22.3 Å². The Morgan fingerprint density at radius 1 is 1.00 bits per heavy atom. The van der Waals surface area contributed by atoms with Crippen molar-refractivity contribution in [3.05, 3.63) is 48.6 Å². The number of carbonyl (C=O) groups is 2. The number of aliphatic hydroxyl groups is 1. The number of aliphatic hydroxyl groups excluding tert-OH is 1. The van der Waals surface area contributed by atoms with Crippen molar-refractivity contribution < 1.29 is 33.6 Å². The highest BCUT2D eigenvalue weighted by Gasteiger charge is 3.00. The Kier molecular flexibility index (Phi) is 2.08. The van der Waals surface area contributed by atoms with Gasteiger partial charge in [0.25, 0.3) is 5.60 Å². The second kappa shape index (κ2) is 3.91. The van der Waals surface area contributed by atoms with Crippen LogP contribution in [-0.4, -0.2) is 52.0 Å². The second-order valence-electron chi connectivity index (χ2n) is 7.51. The van der Waals surface area contributed by atoms with E-state index in [1.165, 1.54) is 12.2 Å². The minimum absolute atomic E-state index is 0.437. The van der Waals surface area contributed by atoms with Crippen molar-refractivity contribution in [1.82, 2.24) is 0 Å². The topological polar surface area (TPSA) is 97.9 Å². The van der Waals surface area contributed by atoms with E-state index in [4.69, 9.17) is 18.9 Å². The average Bonchev–Trinajstić information content (AvgIpc) is 3.57. The van der Waals surface area contributed by atoms with Crippen molar-refractivity contribution in [2.45, 2.75) is 35.3 Å². The number of ether oxygens (including phenoxy) is 4. The fourth-order valence-electron chi connectivity index (χ4n) is 5.08. The quantitative estimate of drug-likeness (QED) is 0.686. The fourth-order valence-corrected chi connectivity index (χ4v) is 5.08. The maximum atomic E-state index is 13.0. The number of carbonyl (C=O) groups excluding carboxylic acids is 2. The lowest BCUT2D eigenvalue weighted by atomic mass is 9.67. The Bertz CT molecular complexity index is 1100. The van der Waals surface area contributed by atoms with Crippen molar-refractivity contribution in [3.8, 4) is 11.5 Å². The van der Waals surface area contributed by atoms with Crippen molar-refractivity contribution in [2.75, 3.05) is 0 Å². The summed E-state index contributed by atoms with van der Waals surface area (Å²) in [5, 5.41) is 12.2. The first-order chi connectivity index (χ1) is 13.1. The van der Waals surface area contributed by atoms with Gasteiger partial charge in [-0.2, -0.15) is 0 Å². The number of rotatable bonds is 0. The van der Waals surface area contributed by atoms with Gasteiger partial charge in [0.15, 0.2) is 18.0 Å². The van der Waals surface area contributed by atoms with E-state index in [0.717, 1.165) is 10.8 Å². The molecule has 3 aliphatic heterocycles. The number of benzene rings is 2. The van der Waals surface area contributed by atoms with Crippen LogP contribution in [0.3, 0.4) is 0 Å². The molecule has 1 spiro atoms. The lowest BCUT2D eigenvalue weighted by Gasteiger charge is -2.44. The van der Waals surface area contributed by atoms with Gasteiger partial charge in [-0.05, 0) is 29.7 Å². The van der Waals surface area contributed by atoms with Crippen LogP contribution in [0.4, 0.5) is 0 Å². The molecule has 0 radical (unpaired) electrons. The molecule has 3 fully saturated rings. The molecule has 1 N–H and O–H groups in total. The molecule has 2 saturated heterocycles. The van der Waals surface area contributed by atoms with Gasteiger partial charge in [-0.1, -0.05) is 24.3 Å². The van der Waals surface area contributed by atoms with Crippen LogP contribution in [0.1, 0.15) is 0 Å². The smallest absolute Gasteiger partial charge is 0.321 e. The summed E-state index contributed by atoms with van der Waals surface area (Å²) in [6.07, 6.45) is -0.392. The molecular weight excluding hydrogens is 352 g/mol. The zero-order valence-electron chi connectivity index (χ0n) is 13.7. The van der Waals surface area contributed by atoms with Gasteiger partial charge < -0.3 is 24.1 Å². The molecule has 0 amide bonds. The van der Waals surface area contributed by atoms with Crippen LogP contribution in [0, 0.1) is 0 Å². The fraction of sp³-hybridized carbons (Fsp3) is 0.300. The van der Waals surface area contributed by atoms with E-state index in [1.807, 2.05) is 24.3 Å². The number of Topliss-reactive ketones (excluding diaryl/α,β-unsaturated/α-hetero) is 1. The van der Waals surface area contributed by atoms with Crippen LogP contribution < -0.4 is 9.47 Å². The molecule has 7 rings (SSSR count).